The Hall–Kier alpha value is -1.14. The number of nitrogens with one attached hydrogen (secondary N) is 2. The van der Waals surface area contributed by atoms with Crippen molar-refractivity contribution in [1.82, 2.24) is 9.71 Å². The number of aromatic nitrogens is 1. The lowest BCUT2D eigenvalue weighted by molar-refractivity contribution is 0.414. The van der Waals surface area contributed by atoms with Gasteiger partial charge in [-0.1, -0.05) is 20.8 Å². The van der Waals surface area contributed by atoms with E-state index in [1.807, 2.05) is 6.92 Å². The maximum absolute atomic E-state index is 12.1. The summed E-state index contributed by atoms with van der Waals surface area (Å²) in [4.78, 5) is 4.05. The van der Waals surface area contributed by atoms with Crippen molar-refractivity contribution in [3.63, 3.8) is 0 Å². The van der Waals surface area contributed by atoms with Crippen LogP contribution in [0.2, 0.25) is 0 Å². The van der Waals surface area contributed by atoms with Crippen LogP contribution < -0.4 is 10.0 Å². The Morgan fingerprint density at radius 1 is 1.33 bits per heavy atom. The summed E-state index contributed by atoms with van der Waals surface area (Å²) in [5.41, 5.74) is 0.551. The van der Waals surface area contributed by atoms with E-state index in [0.29, 0.717) is 18.2 Å². The van der Waals surface area contributed by atoms with Gasteiger partial charge in [0.25, 0.3) is 0 Å². The van der Waals surface area contributed by atoms with Gasteiger partial charge in [-0.3, -0.25) is 4.98 Å². The highest BCUT2D eigenvalue weighted by atomic mass is 32.2. The van der Waals surface area contributed by atoms with Gasteiger partial charge in [-0.05, 0) is 17.9 Å². The summed E-state index contributed by atoms with van der Waals surface area (Å²) in [5, 5.41) is 2.85. The topological polar surface area (TPSA) is 71.1 Å². The molecule has 0 aliphatic rings. The second-order valence-corrected chi connectivity index (χ2v) is 6.43. The minimum Gasteiger partial charge on any atom is -0.387 e. The summed E-state index contributed by atoms with van der Waals surface area (Å²) >= 11 is 0. The van der Waals surface area contributed by atoms with Gasteiger partial charge in [-0.25, -0.2) is 13.1 Å². The first-order valence-corrected chi connectivity index (χ1v) is 7.48. The number of nitrogens with zero attached hydrogens (tertiary/aromatic N) is 1. The Morgan fingerprint density at radius 2 is 2.00 bits per heavy atom. The summed E-state index contributed by atoms with van der Waals surface area (Å²) in [6.07, 6.45) is 2.91. The number of pyridine rings is 1. The quantitative estimate of drug-likeness (QED) is 0.826. The number of rotatable bonds is 6. The van der Waals surface area contributed by atoms with Crippen LogP contribution in [0.15, 0.2) is 23.4 Å². The number of sulfonamides is 1. The predicted molar refractivity (Wildman–Crippen MR) is 73.0 cm³/mol. The van der Waals surface area contributed by atoms with E-state index in [4.69, 9.17) is 0 Å². The molecule has 5 nitrogen and oxygen atoms in total. The molecule has 0 fully saturated rings. The minimum atomic E-state index is -3.51. The highest BCUT2D eigenvalue weighted by molar-refractivity contribution is 7.89. The average molecular weight is 271 g/mol. The van der Waals surface area contributed by atoms with Crippen LogP contribution in [0.3, 0.4) is 0 Å². The molecular weight excluding hydrogens is 250 g/mol. The minimum absolute atomic E-state index is 0.184. The van der Waals surface area contributed by atoms with Gasteiger partial charge in [-0.2, -0.15) is 0 Å². The fourth-order valence-corrected chi connectivity index (χ4v) is 2.65. The van der Waals surface area contributed by atoms with Crippen molar-refractivity contribution in [2.45, 2.75) is 25.7 Å². The van der Waals surface area contributed by atoms with Crippen molar-refractivity contribution in [2.75, 3.05) is 18.9 Å². The van der Waals surface area contributed by atoms with Gasteiger partial charge in [-0.15, -0.1) is 0 Å². The second-order valence-electron chi connectivity index (χ2n) is 4.70. The normalized spacial score (nSPS) is 13.6. The zero-order valence-corrected chi connectivity index (χ0v) is 12.1. The molecule has 0 bridgehead atoms. The molecule has 1 unspecified atom stereocenters. The standard InChI is InChI=1S/C12H21N3O2S/c1-9(2)10(3)7-15-18(16,17)12-8-14-6-5-11(12)13-4/h5-6,8-10,15H,7H2,1-4H3,(H,13,14). The lowest BCUT2D eigenvalue weighted by atomic mass is 9.99. The van der Waals surface area contributed by atoms with Crippen LogP contribution in [-0.4, -0.2) is 27.0 Å². The maximum Gasteiger partial charge on any atom is 0.244 e. The van der Waals surface area contributed by atoms with Crippen molar-refractivity contribution < 1.29 is 8.42 Å². The first kappa shape index (κ1) is 14.9. The molecule has 1 aromatic rings. The lowest BCUT2D eigenvalue weighted by Gasteiger charge is -2.17. The molecule has 0 aliphatic heterocycles. The molecule has 1 rings (SSSR count). The third-order valence-electron chi connectivity index (χ3n) is 3.08. The third kappa shape index (κ3) is 3.68. The van der Waals surface area contributed by atoms with Crippen molar-refractivity contribution in [1.29, 1.82) is 0 Å². The van der Waals surface area contributed by atoms with E-state index in [0.717, 1.165) is 0 Å². The molecule has 0 aliphatic carbocycles. The predicted octanol–water partition coefficient (Wildman–Crippen LogP) is 1.69. The molecular formula is C12H21N3O2S. The van der Waals surface area contributed by atoms with Gasteiger partial charge in [0.2, 0.25) is 10.0 Å². The average Bonchev–Trinajstić information content (AvgIpc) is 2.35. The molecule has 0 amide bonds. The fourth-order valence-electron chi connectivity index (χ4n) is 1.36. The first-order chi connectivity index (χ1) is 8.38. The highest BCUT2D eigenvalue weighted by Crippen LogP contribution is 2.19. The lowest BCUT2D eigenvalue weighted by Crippen LogP contribution is -2.30. The van der Waals surface area contributed by atoms with Crippen molar-refractivity contribution in [3.05, 3.63) is 18.5 Å². The molecule has 6 heteroatoms. The SMILES string of the molecule is CNc1ccncc1S(=O)(=O)NCC(C)C(C)C. The maximum atomic E-state index is 12.1. The monoisotopic (exact) mass is 271 g/mol. The second kappa shape index (κ2) is 6.15. The Labute approximate surface area is 109 Å². The summed E-state index contributed by atoms with van der Waals surface area (Å²) in [6, 6.07) is 1.64. The first-order valence-electron chi connectivity index (χ1n) is 6.00. The molecule has 0 aromatic carbocycles. The van der Waals surface area contributed by atoms with E-state index in [1.54, 1.807) is 19.3 Å². The van der Waals surface area contributed by atoms with Crippen LogP contribution in [0.1, 0.15) is 20.8 Å². The molecule has 1 atom stereocenters. The van der Waals surface area contributed by atoms with Gasteiger partial charge in [0, 0.05) is 26.0 Å². The molecule has 2 N–H and O–H groups in total. The van der Waals surface area contributed by atoms with Gasteiger partial charge in [0.1, 0.15) is 4.90 Å². The molecule has 0 saturated carbocycles. The zero-order chi connectivity index (χ0) is 13.8. The van der Waals surface area contributed by atoms with E-state index in [-0.39, 0.29) is 10.8 Å². The Bertz CT molecular complexity index is 486. The Morgan fingerprint density at radius 3 is 2.56 bits per heavy atom. The number of anilines is 1. The summed E-state index contributed by atoms with van der Waals surface area (Å²) in [6.45, 7) is 6.59. The van der Waals surface area contributed by atoms with Crippen molar-refractivity contribution in [3.8, 4) is 0 Å². The van der Waals surface area contributed by atoms with Crippen LogP contribution >= 0.6 is 0 Å². The van der Waals surface area contributed by atoms with E-state index < -0.39 is 10.0 Å². The third-order valence-corrected chi connectivity index (χ3v) is 4.53. The van der Waals surface area contributed by atoms with Crippen LogP contribution in [0, 0.1) is 11.8 Å². The van der Waals surface area contributed by atoms with Gasteiger partial charge in [0.05, 0.1) is 5.69 Å². The molecule has 1 aromatic heterocycles. The van der Waals surface area contributed by atoms with E-state index in [2.05, 4.69) is 28.9 Å². The summed E-state index contributed by atoms with van der Waals surface area (Å²) in [7, 11) is -1.82. The molecule has 102 valence electrons. The van der Waals surface area contributed by atoms with Gasteiger partial charge >= 0.3 is 0 Å². The van der Waals surface area contributed by atoms with Crippen molar-refractivity contribution >= 4 is 15.7 Å². The van der Waals surface area contributed by atoms with Gasteiger partial charge in [0.15, 0.2) is 0 Å². The Balaban J connectivity index is 2.87. The molecule has 0 spiro atoms. The molecule has 0 saturated heterocycles. The highest BCUT2D eigenvalue weighted by Gasteiger charge is 2.19. The van der Waals surface area contributed by atoms with Crippen LogP contribution in [0.25, 0.3) is 0 Å². The fraction of sp³-hybridized carbons (Fsp3) is 0.583. The smallest absolute Gasteiger partial charge is 0.244 e. The van der Waals surface area contributed by atoms with Crippen LogP contribution in [0.4, 0.5) is 5.69 Å². The molecule has 18 heavy (non-hydrogen) atoms. The van der Waals surface area contributed by atoms with Gasteiger partial charge < -0.3 is 5.32 Å². The van der Waals surface area contributed by atoms with E-state index in [9.17, 15) is 8.42 Å². The summed E-state index contributed by atoms with van der Waals surface area (Å²) in [5.74, 6) is 0.722. The number of hydrogen-bond acceptors (Lipinski definition) is 4. The zero-order valence-electron chi connectivity index (χ0n) is 11.3. The van der Waals surface area contributed by atoms with E-state index in [1.165, 1.54) is 6.20 Å². The van der Waals surface area contributed by atoms with E-state index >= 15 is 0 Å². The molecule has 0 radical (unpaired) electrons. The van der Waals surface area contributed by atoms with Crippen molar-refractivity contribution in [2.24, 2.45) is 11.8 Å². The number of hydrogen-bond donors (Lipinski definition) is 2. The molecule has 1 heterocycles. The Kier molecular flexibility index (Phi) is 5.10. The van der Waals surface area contributed by atoms with Crippen LogP contribution in [-0.2, 0) is 10.0 Å². The largest absolute Gasteiger partial charge is 0.387 e. The van der Waals surface area contributed by atoms with Crippen LogP contribution in [0.5, 0.6) is 0 Å². The summed E-state index contributed by atoms with van der Waals surface area (Å²) < 4.78 is 26.9.